The summed E-state index contributed by atoms with van der Waals surface area (Å²) in [4.78, 5) is 17.5. The number of amides is 1. The Labute approximate surface area is 166 Å². The molecule has 0 N–H and O–H groups in total. The predicted octanol–water partition coefficient (Wildman–Crippen LogP) is 5.31. The first-order valence-corrected chi connectivity index (χ1v) is 9.38. The van der Waals surface area contributed by atoms with Crippen LogP contribution in [0.2, 0.25) is 0 Å². The van der Waals surface area contributed by atoms with Crippen molar-refractivity contribution in [3.05, 3.63) is 77.9 Å². The molecule has 3 aromatic rings. The number of alkyl halides is 3. The van der Waals surface area contributed by atoms with Crippen LogP contribution >= 0.6 is 0 Å². The number of carbonyl (C=O) groups excluding carboxylic acids is 1. The topological polar surface area (TPSA) is 38.1 Å². The first-order valence-electron chi connectivity index (χ1n) is 9.38. The Bertz CT molecular complexity index is 1010. The Balaban J connectivity index is 1.76. The molecule has 2 aromatic carbocycles. The van der Waals surface area contributed by atoms with Gasteiger partial charge in [0.25, 0.3) is 0 Å². The maximum Gasteiger partial charge on any atom is 0.416 e. The lowest BCUT2D eigenvalue weighted by atomic mass is 9.97. The van der Waals surface area contributed by atoms with Crippen LogP contribution in [-0.2, 0) is 11.0 Å². The minimum atomic E-state index is -4.46. The van der Waals surface area contributed by atoms with Gasteiger partial charge >= 0.3 is 6.18 Å². The van der Waals surface area contributed by atoms with Crippen LogP contribution in [-0.4, -0.2) is 16.0 Å². The number of imidazole rings is 1. The SMILES string of the molecule is Cc1ccc(C(C2CC2)N(C=O)c2cccc(C(F)(F)F)c2)cc1-n1ccnc1. The molecule has 0 bridgehead atoms. The highest BCUT2D eigenvalue weighted by molar-refractivity contribution is 5.77. The molecule has 150 valence electrons. The van der Waals surface area contributed by atoms with Crippen molar-refractivity contribution in [3.8, 4) is 5.69 Å². The number of halogens is 3. The Morgan fingerprint density at radius 1 is 1.21 bits per heavy atom. The van der Waals surface area contributed by atoms with Crippen molar-refractivity contribution in [3.63, 3.8) is 0 Å². The van der Waals surface area contributed by atoms with Gasteiger partial charge in [-0.3, -0.25) is 4.79 Å². The third-order valence-electron chi connectivity index (χ3n) is 5.31. The van der Waals surface area contributed by atoms with E-state index >= 15 is 0 Å². The number of aromatic nitrogens is 2. The van der Waals surface area contributed by atoms with Gasteiger partial charge in [0, 0.05) is 23.8 Å². The summed E-state index contributed by atoms with van der Waals surface area (Å²) in [5, 5.41) is 0. The lowest BCUT2D eigenvalue weighted by molar-refractivity contribution is -0.137. The number of hydrogen-bond donors (Lipinski definition) is 0. The largest absolute Gasteiger partial charge is 0.416 e. The van der Waals surface area contributed by atoms with Crippen molar-refractivity contribution in [2.75, 3.05) is 4.90 Å². The summed E-state index contributed by atoms with van der Waals surface area (Å²) < 4.78 is 41.4. The molecule has 1 aliphatic carbocycles. The lowest BCUT2D eigenvalue weighted by Gasteiger charge is -2.30. The monoisotopic (exact) mass is 399 g/mol. The number of benzene rings is 2. The zero-order valence-corrected chi connectivity index (χ0v) is 15.8. The Hall–Kier alpha value is -3.09. The van der Waals surface area contributed by atoms with E-state index in [-0.39, 0.29) is 17.6 Å². The number of rotatable bonds is 6. The second-order valence-corrected chi connectivity index (χ2v) is 7.36. The molecule has 4 nitrogen and oxygen atoms in total. The van der Waals surface area contributed by atoms with Crippen molar-refractivity contribution in [1.29, 1.82) is 0 Å². The number of aryl methyl sites for hydroxylation is 1. The summed E-state index contributed by atoms with van der Waals surface area (Å²) >= 11 is 0. The van der Waals surface area contributed by atoms with Crippen molar-refractivity contribution >= 4 is 12.1 Å². The molecule has 4 rings (SSSR count). The van der Waals surface area contributed by atoms with E-state index in [4.69, 9.17) is 0 Å². The summed E-state index contributed by atoms with van der Waals surface area (Å²) in [6.45, 7) is 1.98. The van der Waals surface area contributed by atoms with E-state index in [2.05, 4.69) is 4.98 Å². The third-order valence-corrected chi connectivity index (χ3v) is 5.31. The highest BCUT2D eigenvalue weighted by Gasteiger charge is 2.38. The fourth-order valence-corrected chi connectivity index (χ4v) is 3.69. The van der Waals surface area contributed by atoms with Gasteiger partial charge in [0.2, 0.25) is 6.41 Å². The van der Waals surface area contributed by atoms with E-state index in [1.807, 2.05) is 35.9 Å². The highest BCUT2D eigenvalue weighted by atomic mass is 19.4. The van der Waals surface area contributed by atoms with Crippen LogP contribution in [0.15, 0.2) is 61.2 Å². The summed E-state index contributed by atoms with van der Waals surface area (Å²) in [6.07, 6.45) is 3.26. The van der Waals surface area contributed by atoms with Gasteiger partial charge in [-0.15, -0.1) is 0 Å². The molecule has 1 unspecified atom stereocenters. The van der Waals surface area contributed by atoms with Crippen LogP contribution < -0.4 is 4.90 Å². The van der Waals surface area contributed by atoms with Crippen LogP contribution in [0.1, 0.15) is 35.6 Å². The van der Waals surface area contributed by atoms with E-state index in [0.29, 0.717) is 6.41 Å². The number of hydrogen-bond acceptors (Lipinski definition) is 2. The van der Waals surface area contributed by atoms with Crippen molar-refractivity contribution in [2.24, 2.45) is 5.92 Å². The number of carbonyl (C=O) groups is 1. The molecule has 1 saturated carbocycles. The Kier molecular flexibility index (Phi) is 4.90. The van der Waals surface area contributed by atoms with Gasteiger partial charge in [0.15, 0.2) is 0 Å². The van der Waals surface area contributed by atoms with Crippen LogP contribution in [0.5, 0.6) is 0 Å². The number of nitrogens with zero attached hydrogens (tertiary/aromatic N) is 3. The summed E-state index contributed by atoms with van der Waals surface area (Å²) in [5.41, 5.74) is 2.35. The summed E-state index contributed by atoms with van der Waals surface area (Å²) in [7, 11) is 0. The fourth-order valence-electron chi connectivity index (χ4n) is 3.69. The maximum absolute atomic E-state index is 13.2. The van der Waals surface area contributed by atoms with E-state index < -0.39 is 11.7 Å². The average Bonchev–Trinajstić information content (AvgIpc) is 3.39. The van der Waals surface area contributed by atoms with Gasteiger partial charge in [-0.1, -0.05) is 18.2 Å². The van der Waals surface area contributed by atoms with E-state index in [9.17, 15) is 18.0 Å². The van der Waals surface area contributed by atoms with Gasteiger partial charge in [-0.2, -0.15) is 13.2 Å². The van der Waals surface area contributed by atoms with Crippen molar-refractivity contribution in [1.82, 2.24) is 9.55 Å². The first kappa shape index (κ1) is 19.2. The predicted molar refractivity (Wildman–Crippen MR) is 104 cm³/mol. The van der Waals surface area contributed by atoms with Gasteiger partial charge in [-0.05, 0) is 61.1 Å². The van der Waals surface area contributed by atoms with E-state index in [0.717, 1.165) is 41.8 Å². The molecule has 0 aliphatic heterocycles. The number of anilines is 1. The molecule has 1 amide bonds. The molecule has 0 saturated heterocycles. The molecule has 1 atom stereocenters. The van der Waals surface area contributed by atoms with Crippen molar-refractivity contribution < 1.29 is 18.0 Å². The minimum Gasteiger partial charge on any atom is -0.307 e. The van der Waals surface area contributed by atoms with Crippen LogP contribution in [0.3, 0.4) is 0 Å². The molecule has 0 radical (unpaired) electrons. The molecule has 1 fully saturated rings. The van der Waals surface area contributed by atoms with Gasteiger partial charge in [0.1, 0.15) is 0 Å². The van der Waals surface area contributed by atoms with Crippen LogP contribution in [0.4, 0.5) is 18.9 Å². The molecule has 7 heteroatoms. The Morgan fingerprint density at radius 3 is 2.62 bits per heavy atom. The average molecular weight is 399 g/mol. The lowest BCUT2D eigenvalue weighted by Crippen LogP contribution is -2.29. The molecular weight excluding hydrogens is 379 g/mol. The molecule has 0 spiro atoms. The van der Waals surface area contributed by atoms with Gasteiger partial charge in [0.05, 0.1) is 17.9 Å². The zero-order chi connectivity index (χ0) is 20.6. The minimum absolute atomic E-state index is 0.216. The third kappa shape index (κ3) is 3.90. The second kappa shape index (κ2) is 7.39. The van der Waals surface area contributed by atoms with Gasteiger partial charge in [-0.25, -0.2) is 4.98 Å². The second-order valence-electron chi connectivity index (χ2n) is 7.36. The molecule has 1 heterocycles. The summed E-state index contributed by atoms with van der Waals surface area (Å²) in [5.74, 6) is 0.216. The first-order chi connectivity index (χ1) is 13.9. The normalized spacial score (nSPS) is 15.2. The molecule has 1 aromatic heterocycles. The molecule has 1 aliphatic rings. The standard InChI is InChI=1S/C22H20F3N3O/c1-15-5-6-17(11-20(15)27-10-9-26-13-27)21(16-7-8-16)28(14-29)19-4-2-3-18(12-19)22(23,24)25/h2-6,9-14,16,21H,7-8H2,1H3. The highest BCUT2D eigenvalue weighted by Crippen LogP contribution is 2.46. The zero-order valence-electron chi connectivity index (χ0n) is 15.8. The Morgan fingerprint density at radius 2 is 2.00 bits per heavy atom. The fraction of sp³-hybridized carbons (Fsp3) is 0.273. The molecular formula is C22H20F3N3O. The van der Waals surface area contributed by atoms with Crippen LogP contribution in [0, 0.1) is 12.8 Å². The van der Waals surface area contributed by atoms with E-state index in [1.165, 1.54) is 11.0 Å². The van der Waals surface area contributed by atoms with Crippen molar-refractivity contribution in [2.45, 2.75) is 32.0 Å². The van der Waals surface area contributed by atoms with E-state index in [1.54, 1.807) is 18.6 Å². The summed E-state index contributed by atoms with van der Waals surface area (Å²) in [6, 6.07) is 10.5. The maximum atomic E-state index is 13.2. The van der Waals surface area contributed by atoms with Crippen LogP contribution in [0.25, 0.3) is 5.69 Å². The smallest absolute Gasteiger partial charge is 0.307 e. The van der Waals surface area contributed by atoms with Gasteiger partial charge < -0.3 is 9.47 Å². The quantitative estimate of drug-likeness (QED) is 0.527. The molecule has 29 heavy (non-hydrogen) atoms.